The molecule has 1 aliphatic carbocycles. The molecule has 8 nitrogen and oxygen atoms in total. The Morgan fingerprint density at radius 2 is 1.16 bits per heavy atom. The van der Waals surface area contributed by atoms with Gasteiger partial charge in [0.15, 0.2) is 17.3 Å². The maximum Gasteiger partial charge on any atom is 0.210 e. The minimum atomic E-state index is -0.374. The average molecular weight is 680 g/mol. The lowest BCUT2D eigenvalue weighted by Crippen LogP contribution is -2.14. The first-order chi connectivity index (χ1) is 20.9. The number of hydrogen-bond acceptors (Lipinski definition) is 8. The van der Waals surface area contributed by atoms with Gasteiger partial charge in [0.1, 0.15) is 28.8 Å². The number of allylic oxidation sites excluding steroid dienone is 6. The summed E-state index contributed by atoms with van der Waals surface area (Å²) in [6.45, 7) is 0. The Hall–Kier alpha value is -3.82. The van der Waals surface area contributed by atoms with Gasteiger partial charge in [-0.2, -0.15) is 0 Å². The molecule has 3 aromatic carbocycles. The van der Waals surface area contributed by atoms with E-state index in [4.69, 9.17) is 55.9 Å². The molecule has 8 rings (SSSR count). The van der Waals surface area contributed by atoms with Gasteiger partial charge in [-0.25, -0.2) is 0 Å². The van der Waals surface area contributed by atoms with E-state index in [1.807, 2.05) is 0 Å². The molecule has 4 aliphatic heterocycles. The maximum absolute atomic E-state index is 10.7. The van der Waals surface area contributed by atoms with Crippen molar-refractivity contribution in [2.45, 2.75) is 32.1 Å². The highest BCUT2D eigenvalue weighted by atomic mass is 35.5. The van der Waals surface area contributed by atoms with Gasteiger partial charge in [0.05, 0.1) is 10.0 Å². The topological polar surface area (TPSA) is 140 Å². The molecule has 4 heterocycles. The first-order valence-electron chi connectivity index (χ1n) is 13.3. The van der Waals surface area contributed by atoms with Crippen molar-refractivity contribution in [1.29, 1.82) is 0 Å². The van der Waals surface area contributed by atoms with E-state index in [0.29, 0.717) is 26.8 Å². The molecule has 230 valence electrons. The van der Waals surface area contributed by atoms with Crippen molar-refractivity contribution in [3.05, 3.63) is 109 Å². The van der Waals surface area contributed by atoms with Crippen LogP contribution in [-0.4, -0.2) is 30.6 Å². The van der Waals surface area contributed by atoms with E-state index in [1.165, 1.54) is 42.5 Å². The van der Waals surface area contributed by atoms with Gasteiger partial charge < -0.3 is 40.1 Å². The van der Waals surface area contributed by atoms with Crippen LogP contribution in [0, 0.1) is 5.92 Å². The molecule has 1 unspecified atom stereocenters. The quantitative estimate of drug-likeness (QED) is 0.138. The maximum atomic E-state index is 10.7. The number of halogens is 4. The van der Waals surface area contributed by atoms with E-state index in [0.717, 1.165) is 0 Å². The Morgan fingerprint density at radius 1 is 0.614 bits per heavy atom. The first kappa shape index (κ1) is 31.6. The molecule has 3 aromatic rings. The highest BCUT2D eigenvalue weighted by Gasteiger charge is 2.26. The normalized spacial score (nSPS) is 20.0. The molecule has 6 N–H and O–H groups in total. The van der Waals surface area contributed by atoms with Crippen molar-refractivity contribution in [2.75, 3.05) is 0 Å². The summed E-state index contributed by atoms with van der Waals surface area (Å²) in [6, 6.07) is 8.24. The minimum Gasteiger partial charge on any atom is -0.508 e. The third-order valence-electron chi connectivity index (χ3n) is 7.06. The average Bonchev–Trinajstić information content (AvgIpc) is 2.93. The second-order valence-corrected chi connectivity index (χ2v) is 12.2. The summed E-state index contributed by atoms with van der Waals surface area (Å²) in [4.78, 5) is 0. The number of aliphatic hydroxyl groups is 2. The Balaban J connectivity index is 1.55. The fourth-order valence-electron chi connectivity index (χ4n) is 4.87. The molecule has 0 spiro atoms. The van der Waals surface area contributed by atoms with E-state index in [9.17, 15) is 30.6 Å². The monoisotopic (exact) mass is 678 g/mol. The van der Waals surface area contributed by atoms with Crippen LogP contribution in [0.1, 0.15) is 29.5 Å². The summed E-state index contributed by atoms with van der Waals surface area (Å²) in [7, 11) is 0. The molecule has 44 heavy (non-hydrogen) atoms. The smallest absolute Gasteiger partial charge is 0.210 e. The van der Waals surface area contributed by atoms with Crippen LogP contribution >= 0.6 is 46.4 Å². The minimum absolute atomic E-state index is 0.0355. The Labute approximate surface area is 272 Å². The molecular formula is C32H26Cl4O8. The Kier molecular flexibility index (Phi) is 9.37. The van der Waals surface area contributed by atoms with Crippen LogP contribution in [0.15, 0.2) is 82.0 Å². The lowest BCUT2D eigenvalue weighted by atomic mass is 9.93. The molecule has 0 radical (unpaired) electrons. The van der Waals surface area contributed by atoms with Crippen LogP contribution in [0.2, 0.25) is 10.0 Å². The van der Waals surface area contributed by atoms with Gasteiger partial charge in [0, 0.05) is 46.2 Å². The Morgan fingerprint density at radius 3 is 1.73 bits per heavy atom. The summed E-state index contributed by atoms with van der Waals surface area (Å²) >= 11 is 25.5. The van der Waals surface area contributed by atoms with Gasteiger partial charge in [-0.05, 0) is 61.1 Å². The second-order valence-electron chi connectivity index (χ2n) is 10.4. The molecule has 0 saturated carbocycles. The zero-order chi connectivity index (χ0) is 31.7. The summed E-state index contributed by atoms with van der Waals surface area (Å²) in [5, 5.41) is 64.6. The molecule has 0 fully saturated rings. The number of aliphatic hydroxyl groups excluding tert-OH is 2. The zero-order valence-electron chi connectivity index (χ0n) is 22.8. The van der Waals surface area contributed by atoms with E-state index >= 15 is 0 Å². The third kappa shape index (κ3) is 7.11. The number of ether oxygens (including phenoxy) is 2. The third-order valence-corrected chi connectivity index (χ3v) is 8.25. The van der Waals surface area contributed by atoms with Gasteiger partial charge in [0.2, 0.25) is 11.5 Å². The van der Waals surface area contributed by atoms with E-state index in [1.54, 1.807) is 12.2 Å². The number of aromatic hydroxyl groups is 4. The molecule has 12 heteroatoms. The first-order valence-corrected chi connectivity index (χ1v) is 14.8. The van der Waals surface area contributed by atoms with Gasteiger partial charge in [-0.15, -0.1) is 0 Å². The van der Waals surface area contributed by atoms with E-state index in [-0.39, 0.29) is 106 Å². The Bertz CT molecular complexity index is 1740. The number of benzene rings is 3. The van der Waals surface area contributed by atoms with Gasteiger partial charge in [-0.1, -0.05) is 58.6 Å². The summed E-state index contributed by atoms with van der Waals surface area (Å²) < 4.78 is 11.6. The van der Waals surface area contributed by atoms with Crippen LogP contribution in [0.3, 0.4) is 0 Å². The van der Waals surface area contributed by atoms with Crippen molar-refractivity contribution in [2.24, 2.45) is 5.92 Å². The predicted molar refractivity (Wildman–Crippen MR) is 169 cm³/mol. The molecule has 1 atom stereocenters. The van der Waals surface area contributed by atoms with Gasteiger partial charge in [0.25, 0.3) is 0 Å². The van der Waals surface area contributed by atoms with Crippen LogP contribution < -0.4 is 9.47 Å². The van der Waals surface area contributed by atoms with Gasteiger partial charge in [-0.3, -0.25) is 0 Å². The SMILES string of the molecule is OC1=CC2CC(O)=C1Oc1cc(c(O)cc1Cl)C/C=C(/Cl)Cc1cc(O)c(c(O)c1)Oc1cc(c(O)cc1Cl)C/C=C(/Cl)C2. The number of hydrogen-bond donors (Lipinski definition) is 6. The highest BCUT2D eigenvalue weighted by Crippen LogP contribution is 2.44. The van der Waals surface area contributed by atoms with Gasteiger partial charge >= 0.3 is 0 Å². The molecular weight excluding hydrogens is 654 g/mol. The zero-order valence-corrected chi connectivity index (χ0v) is 25.8. The lowest BCUT2D eigenvalue weighted by molar-refractivity contribution is 0.262. The van der Waals surface area contributed by atoms with Crippen LogP contribution in [0.25, 0.3) is 0 Å². The molecule has 0 aromatic heterocycles. The standard InChI is InChI=1S/C32H26Cl4O8/c33-19-3-1-17-11-29(21(35)13-23(17)37)43-31-27(41)9-16(10-28(31)42)6-20(34)4-2-18-12-30(22(36)14-24(18)38)44-32-25(39)7-15(5-19)8-26(32)40/h3-4,7-9,11-14,16,37-42H,1-2,5-6,10H2/b19-3+,20-4+. The van der Waals surface area contributed by atoms with Crippen molar-refractivity contribution < 1.29 is 40.1 Å². The molecule has 0 amide bonds. The van der Waals surface area contributed by atoms with Crippen molar-refractivity contribution in [3.8, 4) is 40.2 Å². The van der Waals surface area contributed by atoms with Crippen LogP contribution in [-0.2, 0) is 19.3 Å². The van der Waals surface area contributed by atoms with Crippen LogP contribution in [0.4, 0.5) is 0 Å². The fourth-order valence-corrected chi connectivity index (χ4v) is 5.77. The number of phenolic OH excluding ortho intramolecular Hbond substituents is 4. The lowest BCUT2D eigenvalue weighted by Gasteiger charge is -2.22. The molecule has 8 bridgehead atoms. The predicted octanol–water partition coefficient (Wildman–Crippen LogP) is 9.20. The largest absolute Gasteiger partial charge is 0.508 e. The van der Waals surface area contributed by atoms with Crippen molar-refractivity contribution >= 4 is 46.4 Å². The fraction of sp³-hybridized carbons (Fsp3) is 0.188. The summed E-state index contributed by atoms with van der Waals surface area (Å²) in [5.41, 5.74) is 1.26. The van der Waals surface area contributed by atoms with E-state index < -0.39 is 0 Å². The van der Waals surface area contributed by atoms with E-state index in [2.05, 4.69) is 0 Å². The number of phenols is 4. The molecule has 5 aliphatic rings. The van der Waals surface area contributed by atoms with Crippen molar-refractivity contribution in [1.82, 2.24) is 0 Å². The molecule has 0 saturated heterocycles. The number of rotatable bonds is 0. The van der Waals surface area contributed by atoms with Crippen LogP contribution in [0.5, 0.6) is 40.2 Å². The van der Waals surface area contributed by atoms with Crippen molar-refractivity contribution in [3.63, 3.8) is 0 Å². The second kappa shape index (κ2) is 13.0. The highest BCUT2D eigenvalue weighted by molar-refractivity contribution is 6.32. The summed E-state index contributed by atoms with van der Waals surface area (Å²) in [5.74, 6) is -2.14. The summed E-state index contributed by atoms with van der Waals surface area (Å²) in [6.07, 6.45) is 5.60.